The first kappa shape index (κ1) is 28.4. The minimum Gasteiger partial charge on any atom is -0.462 e. The van der Waals surface area contributed by atoms with Gasteiger partial charge in [0.2, 0.25) is 0 Å². The number of imidazole rings is 1. The average molecular weight is 587 g/mol. The van der Waals surface area contributed by atoms with Crippen LogP contribution in [-0.4, -0.2) is 65.3 Å². The molecule has 1 saturated heterocycles. The molecule has 0 saturated carbocycles. The van der Waals surface area contributed by atoms with Gasteiger partial charge in [0.25, 0.3) is 0 Å². The van der Waals surface area contributed by atoms with Crippen LogP contribution in [0.1, 0.15) is 62.6 Å². The first-order valence-corrected chi connectivity index (χ1v) is 15.8. The van der Waals surface area contributed by atoms with E-state index in [2.05, 4.69) is 51.7 Å². The molecule has 1 N–H and O–H groups in total. The molecule has 3 aromatic rings. The lowest BCUT2D eigenvalue weighted by Gasteiger charge is -2.33. The van der Waals surface area contributed by atoms with Crippen LogP contribution in [0.15, 0.2) is 68.2 Å². The van der Waals surface area contributed by atoms with Crippen LogP contribution >= 0.6 is 11.3 Å². The smallest absolute Gasteiger partial charge is 0.340 e. The highest BCUT2D eigenvalue weighted by Crippen LogP contribution is 2.36. The number of fused-ring (bicyclic) bond motifs is 1. The molecule has 42 heavy (non-hydrogen) atoms. The van der Waals surface area contributed by atoms with Crippen molar-refractivity contribution in [2.75, 3.05) is 37.8 Å². The molecular weight excluding hydrogens is 548 g/mol. The molecule has 0 bridgehead atoms. The number of nitrogens with one attached hydrogen (secondary N) is 1. The lowest BCUT2D eigenvalue weighted by molar-refractivity contribution is 0.0528. The van der Waals surface area contributed by atoms with E-state index in [0.717, 1.165) is 86.4 Å². The normalized spacial score (nSPS) is 20.7. The summed E-state index contributed by atoms with van der Waals surface area (Å²) in [6.45, 7) is 10.1. The van der Waals surface area contributed by atoms with Crippen LogP contribution in [0.2, 0.25) is 0 Å². The molecule has 6 rings (SSSR count). The zero-order valence-corrected chi connectivity index (χ0v) is 25.4. The van der Waals surface area contributed by atoms with Gasteiger partial charge in [0.05, 0.1) is 43.1 Å². The van der Waals surface area contributed by atoms with Crippen molar-refractivity contribution in [1.29, 1.82) is 0 Å². The van der Waals surface area contributed by atoms with Crippen molar-refractivity contribution in [1.82, 2.24) is 14.9 Å². The fraction of sp³-hybridized carbons (Fsp3) is 0.438. The summed E-state index contributed by atoms with van der Waals surface area (Å²) < 4.78 is 11.0. The topological polar surface area (TPSA) is 95.4 Å². The van der Waals surface area contributed by atoms with Gasteiger partial charge >= 0.3 is 5.97 Å². The summed E-state index contributed by atoms with van der Waals surface area (Å²) in [7, 11) is 0. The third-order valence-electron chi connectivity index (χ3n) is 8.08. The van der Waals surface area contributed by atoms with Crippen LogP contribution in [-0.2, 0) is 16.0 Å². The summed E-state index contributed by atoms with van der Waals surface area (Å²) >= 11 is 1.69. The molecule has 220 valence electrons. The van der Waals surface area contributed by atoms with Crippen LogP contribution < -0.4 is 4.90 Å². The summed E-state index contributed by atoms with van der Waals surface area (Å²) in [5.41, 5.74) is 6.60. The molecule has 10 heteroatoms. The Hall–Kier alpha value is -3.76. The molecule has 9 nitrogen and oxygen atoms in total. The first-order valence-electron chi connectivity index (χ1n) is 14.9. The van der Waals surface area contributed by atoms with E-state index < -0.39 is 0 Å². The van der Waals surface area contributed by atoms with Gasteiger partial charge in [-0.25, -0.2) is 14.8 Å². The first-order chi connectivity index (χ1) is 20.6. The number of hydrogen-bond acceptors (Lipinski definition) is 9. The van der Waals surface area contributed by atoms with Gasteiger partial charge in [-0.15, -0.1) is 0 Å². The van der Waals surface area contributed by atoms with E-state index in [1.807, 2.05) is 19.1 Å². The number of aromatic amines is 1. The minimum atomic E-state index is -0.362. The van der Waals surface area contributed by atoms with Crippen molar-refractivity contribution in [2.24, 2.45) is 15.9 Å². The van der Waals surface area contributed by atoms with Crippen LogP contribution in [0.4, 0.5) is 5.69 Å². The van der Waals surface area contributed by atoms with Gasteiger partial charge in [-0.1, -0.05) is 18.6 Å². The standard InChI is InChI=1S/C32H38N6O3S/c1-4-22-17-27(33-18-28-34-26-8-6-7-25(29(26)35-28)32(39)41-5-2)24-10-9-21(3)19-38(23-11-16-42-20-23)31(24)36-30(22)37-12-14-40-15-13-37/h6-8,11,16,19-20,22H,4-5,9-10,12-15,17-18H2,1-3H3,(H,34,35). The summed E-state index contributed by atoms with van der Waals surface area (Å²) in [5.74, 6) is 2.71. The van der Waals surface area contributed by atoms with E-state index in [9.17, 15) is 4.79 Å². The van der Waals surface area contributed by atoms with Gasteiger partial charge < -0.3 is 24.3 Å². The minimum absolute atomic E-state index is 0.245. The Morgan fingerprint density at radius 3 is 2.83 bits per heavy atom. The summed E-state index contributed by atoms with van der Waals surface area (Å²) in [6, 6.07) is 7.70. The number of thiophene rings is 1. The third-order valence-corrected chi connectivity index (χ3v) is 8.75. The van der Waals surface area contributed by atoms with E-state index in [-0.39, 0.29) is 11.9 Å². The summed E-state index contributed by atoms with van der Waals surface area (Å²) in [4.78, 5) is 36.1. The fourth-order valence-electron chi connectivity index (χ4n) is 5.87. The maximum absolute atomic E-state index is 12.5. The van der Waals surface area contributed by atoms with E-state index in [1.54, 1.807) is 17.4 Å². The highest BCUT2D eigenvalue weighted by atomic mass is 32.1. The van der Waals surface area contributed by atoms with Gasteiger partial charge in [-0.05, 0) is 63.1 Å². The van der Waals surface area contributed by atoms with Crippen molar-refractivity contribution >= 4 is 45.6 Å². The third kappa shape index (κ3) is 5.78. The van der Waals surface area contributed by atoms with Gasteiger partial charge in [-0.2, -0.15) is 11.3 Å². The monoisotopic (exact) mass is 586 g/mol. The Labute approximate surface area is 250 Å². The van der Waals surface area contributed by atoms with E-state index in [4.69, 9.17) is 24.4 Å². The van der Waals surface area contributed by atoms with Crippen LogP contribution in [0.5, 0.6) is 0 Å². The van der Waals surface area contributed by atoms with Crippen molar-refractivity contribution in [2.45, 2.75) is 53.0 Å². The Morgan fingerprint density at radius 1 is 1.21 bits per heavy atom. The van der Waals surface area contributed by atoms with Gasteiger partial charge in [0.15, 0.2) is 0 Å². The number of allylic oxidation sites excluding steroid dienone is 2. The summed E-state index contributed by atoms with van der Waals surface area (Å²) in [5, 5.41) is 4.29. The number of carbonyl (C=O) groups is 1. The zero-order chi connectivity index (χ0) is 29.1. The number of hydrogen-bond donors (Lipinski definition) is 1. The quantitative estimate of drug-likeness (QED) is 0.340. The van der Waals surface area contributed by atoms with Crippen LogP contribution in [0, 0.1) is 5.92 Å². The van der Waals surface area contributed by atoms with Crippen molar-refractivity contribution in [3.8, 4) is 0 Å². The highest BCUT2D eigenvalue weighted by molar-refractivity contribution is 7.08. The molecule has 3 aliphatic heterocycles. The largest absolute Gasteiger partial charge is 0.462 e. The molecule has 1 aromatic carbocycles. The molecule has 0 radical (unpaired) electrons. The lowest BCUT2D eigenvalue weighted by atomic mass is 9.92. The number of anilines is 1. The number of benzene rings is 1. The van der Waals surface area contributed by atoms with Crippen LogP contribution in [0.3, 0.4) is 0 Å². The highest BCUT2D eigenvalue weighted by Gasteiger charge is 2.32. The molecule has 5 heterocycles. The Bertz CT molecular complexity index is 1560. The number of para-hydroxylation sites is 1. The zero-order valence-electron chi connectivity index (χ0n) is 24.6. The Balaban J connectivity index is 1.42. The SMILES string of the molecule is CCOC(=O)c1cccc2[nH]c(CN=C3CC(CC)C(N4CCOCC4)=NC4=C3CCC(C)=CN4c3ccsc3)nc12. The number of ether oxygens (including phenoxy) is 2. The second-order valence-electron chi connectivity index (χ2n) is 10.9. The van der Waals surface area contributed by atoms with Gasteiger partial charge in [-0.3, -0.25) is 4.99 Å². The average Bonchev–Trinajstić information content (AvgIpc) is 3.63. The van der Waals surface area contributed by atoms with E-state index >= 15 is 0 Å². The van der Waals surface area contributed by atoms with Gasteiger partial charge in [0, 0.05) is 41.9 Å². The van der Waals surface area contributed by atoms with E-state index in [1.165, 1.54) is 11.1 Å². The summed E-state index contributed by atoms with van der Waals surface area (Å²) in [6.07, 6.45) is 5.85. The number of H-pyrrole nitrogens is 1. The Kier molecular flexibility index (Phi) is 8.53. The van der Waals surface area contributed by atoms with Crippen molar-refractivity contribution < 1.29 is 14.3 Å². The number of esters is 1. The molecule has 0 spiro atoms. The molecule has 0 amide bonds. The molecule has 1 fully saturated rings. The number of aromatic nitrogens is 2. The molecule has 1 atom stereocenters. The number of rotatable bonds is 6. The lowest BCUT2D eigenvalue weighted by Crippen LogP contribution is -2.44. The molecule has 0 aliphatic carbocycles. The van der Waals surface area contributed by atoms with Crippen molar-refractivity contribution in [3.63, 3.8) is 0 Å². The number of nitrogens with zero attached hydrogens (tertiary/aromatic N) is 5. The maximum atomic E-state index is 12.5. The van der Waals surface area contributed by atoms with E-state index in [0.29, 0.717) is 24.2 Å². The number of amidine groups is 1. The Morgan fingerprint density at radius 2 is 2.07 bits per heavy atom. The second-order valence-corrected chi connectivity index (χ2v) is 11.7. The second kappa shape index (κ2) is 12.6. The van der Waals surface area contributed by atoms with Crippen LogP contribution in [0.25, 0.3) is 11.0 Å². The molecule has 2 aromatic heterocycles. The molecule has 1 unspecified atom stereocenters. The number of carbonyl (C=O) groups excluding carboxylic acids is 1. The van der Waals surface area contributed by atoms with Gasteiger partial charge in [0.1, 0.15) is 23.0 Å². The fourth-order valence-corrected chi connectivity index (χ4v) is 6.50. The predicted molar refractivity (Wildman–Crippen MR) is 168 cm³/mol. The number of morpholine rings is 1. The van der Waals surface area contributed by atoms with Crippen molar-refractivity contribution in [3.05, 3.63) is 69.6 Å². The predicted octanol–water partition coefficient (Wildman–Crippen LogP) is 6.32. The molecule has 3 aliphatic rings. The molecular formula is C32H38N6O3S. The number of aliphatic imine (C=N–C) groups is 2. The maximum Gasteiger partial charge on any atom is 0.340 e.